The lowest BCUT2D eigenvalue weighted by Gasteiger charge is -2.19. The summed E-state index contributed by atoms with van der Waals surface area (Å²) in [7, 11) is -3.21. The summed E-state index contributed by atoms with van der Waals surface area (Å²) in [5, 5.41) is 14.5. The van der Waals surface area contributed by atoms with E-state index in [0.717, 1.165) is 5.56 Å². The second-order valence-electron chi connectivity index (χ2n) is 5.10. The highest BCUT2D eigenvalue weighted by Crippen LogP contribution is 2.17. The van der Waals surface area contributed by atoms with Crippen molar-refractivity contribution in [2.75, 3.05) is 12.4 Å². The Kier molecular flexibility index (Phi) is 6.83. The number of urea groups is 1. The Labute approximate surface area is 131 Å². The number of benzene rings is 1. The molecule has 22 heavy (non-hydrogen) atoms. The smallest absolute Gasteiger partial charge is 0.315 e. The van der Waals surface area contributed by atoms with E-state index in [0.29, 0.717) is 6.42 Å². The van der Waals surface area contributed by atoms with Gasteiger partial charge in [0.2, 0.25) is 0 Å². The van der Waals surface area contributed by atoms with Gasteiger partial charge in [0.1, 0.15) is 0 Å². The summed E-state index contributed by atoms with van der Waals surface area (Å²) in [4.78, 5) is 12.1. The molecule has 1 aromatic rings. The van der Waals surface area contributed by atoms with Gasteiger partial charge in [-0.3, -0.25) is 0 Å². The van der Waals surface area contributed by atoms with Crippen LogP contribution >= 0.6 is 0 Å². The Morgan fingerprint density at radius 2 is 1.77 bits per heavy atom. The van der Waals surface area contributed by atoms with Gasteiger partial charge in [-0.2, -0.15) is 0 Å². The van der Waals surface area contributed by atoms with E-state index in [1.54, 1.807) is 31.2 Å². The highest BCUT2D eigenvalue weighted by Gasteiger charge is 2.15. The third kappa shape index (κ3) is 4.99. The van der Waals surface area contributed by atoms with E-state index in [1.807, 2.05) is 13.8 Å². The molecule has 124 valence electrons. The summed E-state index contributed by atoms with van der Waals surface area (Å²) in [5.74, 6) is 0.0577. The first-order valence-corrected chi connectivity index (χ1v) is 8.99. The number of sulfone groups is 1. The second kappa shape index (κ2) is 8.14. The molecule has 0 unspecified atom stereocenters. The van der Waals surface area contributed by atoms with Crippen molar-refractivity contribution in [1.82, 2.24) is 10.6 Å². The second-order valence-corrected chi connectivity index (χ2v) is 7.38. The van der Waals surface area contributed by atoms with Crippen LogP contribution in [0.2, 0.25) is 0 Å². The molecule has 7 heteroatoms. The van der Waals surface area contributed by atoms with Crippen LogP contribution in [0.5, 0.6) is 0 Å². The average molecular weight is 328 g/mol. The highest BCUT2D eigenvalue weighted by atomic mass is 32.2. The number of hydrogen-bond acceptors (Lipinski definition) is 4. The van der Waals surface area contributed by atoms with E-state index in [1.165, 1.54) is 0 Å². The Bertz CT molecular complexity index is 580. The average Bonchev–Trinajstić information content (AvgIpc) is 2.52. The molecule has 1 aromatic carbocycles. The van der Waals surface area contributed by atoms with Crippen molar-refractivity contribution in [1.29, 1.82) is 0 Å². The van der Waals surface area contributed by atoms with E-state index in [-0.39, 0.29) is 35.4 Å². The van der Waals surface area contributed by atoms with Gasteiger partial charge in [-0.25, -0.2) is 13.2 Å². The van der Waals surface area contributed by atoms with Crippen LogP contribution in [0, 0.1) is 0 Å². The van der Waals surface area contributed by atoms with Crippen LogP contribution in [-0.4, -0.2) is 38.0 Å². The zero-order valence-corrected chi connectivity index (χ0v) is 14.0. The van der Waals surface area contributed by atoms with Gasteiger partial charge < -0.3 is 15.7 Å². The molecule has 0 fully saturated rings. The van der Waals surface area contributed by atoms with Gasteiger partial charge in [-0.15, -0.1) is 0 Å². The number of carbonyl (C=O) groups excluding carboxylic acids is 1. The molecular formula is C15H24N2O4S. The lowest BCUT2D eigenvalue weighted by atomic mass is 10.1. The molecule has 2 amide bonds. The van der Waals surface area contributed by atoms with Crippen LogP contribution < -0.4 is 10.6 Å². The lowest BCUT2D eigenvalue weighted by molar-refractivity contribution is 0.212. The maximum Gasteiger partial charge on any atom is 0.315 e. The van der Waals surface area contributed by atoms with Gasteiger partial charge in [0, 0.05) is 0 Å². The van der Waals surface area contributed by atoms with E-state index >= 15 is 0 Å². The maximum atomic E-state index is 11.8. The van der Waals surface area contributed by atoms with Gasteiger partial charge in [0.25, 0.3) is 0 Å². The summed E-state index contributed by atoms with van der Waals surface area (Å²) >= 11 is 0. The zero-order valence-electron chi connectivity index (χ0n) is 13.2. The number of aliphatic hydroxyl groups excluding tert-OH is 1. The molecule has 0 saturated heterocycles. The Morgan fingerprint density at radius 3 is 2.23 bits per heavy atom. The molecule has 1 rings (SSSR count). The molecule has 0 saturated carbocycles. The fraction of sp³-hybridized carbons (Fsp3) is 0.533. The molecule has 0 aliphatic heterocycles. The van der Waals surface area contributed by atoms with Crippen LogP contribution in [-0.2, 0) is 9.84 Å². The molecule has 3 N–H and O–H groups in total. The first-order chi connectivity index (χ1) is 10.3. The van der Waals surface area contributed by atoms with Crippen LogP contribution in [0.25, 0.3) is 0 Å². The number of rotatable bonds is 7. The van der Waals surface area contributed by atoms with Gasteiger partial charge in [0.05, 0.1) is 29.3 Å². The van der Waals surface area contributed by atoms with Crippen LogP contribution in [0.3, 0.4) is 0 Å². The minimum absolute atomic E-state index is 0.0577. The van der Waals surface area contributed by atoms with Crippen LogP contribution in [0.4, 0.5) is 4.79 Å². The fourth-order valence-electron chi connectivity index (χ4n) is 1.91. The SMILES string of the molecule is CC[C@@H](CO)NC(=O)N[C@H](C)c1ccc(S(=O)(=O)CC)cc1. The number of amides is 2. The van der Waals surface area contributed by atoms with Crippen molar-refractivity contribution in [3.63, 3.8) is 0 Å². The fourth-order valence-corrected chi connectivity index (χ4v) is 2.80. The Morgan fingerprint density at radius 1 is 1.18 bits per heavy atom. The predicted molar refractivity (Wildman–Crippen MR) is 85.4 cm³/mol. The lowest BCUT2D eigenvalue weighted by Crippen LogP contribution is -2.44. The topological polar surface area (TPSA) is 95.5 Å². The maximum absolute atomic E-state index is 11.8. The van der Waals surface area contributed by atoms with Gasteiger partial charge in [-0.1, -0.05) is 26.0 Å². The van der Waals surface area contributed by atoms with Crippen LogP contribution in [0.1, 0.15) is 38.8 Å². The van der Waals surface area contributed by atoms with E-state index in [9.17, 15) is 13.2 Å². The Hall–Kier alpha value is -1.60. The van der Waals surface area contributed by atoms with E-state index < -0.39 is 9.84 Å². The van der Waals surface area contributed by atoms with Gasteiger partial charge in [0.15, 0.2) is 9.84 Å². The summed E-state index contributed by atoms with van der Waals surface area (Å²) < 4.78 is 23.5. The highest BCUT2D eigenvalue weighted by molar-refractivity contribution is 7.91. The van der Waals surface area contributed by atoms with Gasteiger partial charge >= 0.3 is 6.03 Å². The van der Waals surface area contributed by atoms with Crippen molar-refractivity contribution < 1.29 is 18.3 Å². The largest absolute Gasteiger partial charge is 0.394 e. The summed E-state index contributed by atoms with van der Waals surface area (Å²) in [5.41, 5.74) is 0.808. The zero-order chi connectivity index (χ0) is 16.8. The minimum atomic E-state index is -3.21. The number of nitrogens with one attached hydrogen (secondary N) is 2. The van der Waals surface area contributed by atoms with Crippen molar-refractivity contribution >= 4 is 15.9 Å². The van der Waals surface area contributed by atoms with Crippen molar-refractivity contribution in [2.45, 2.75) is 44.2 Å². The molecule has 0 aromatic heterocycles. The number of aliphatic hydroxyl groups is 1. The van der Waals surface area contributed by atoms with Crippen molar-refractivity contribution in [3.8, 4) is 0 Å². The molecule has 0 spiro atoms. The van der Waals surface area contributed by atoms with Crippen molar-refractivity contribution in [2.24, 2.45) is 0 Å². The normalized spacial score (nSPS) is 14.2. The first-order valence-electron chi connectivity index (χ1n) is 7.34. The first kappa shape index (κ1) is 18.4. The monoisotopic (exact) mass is 328 g/mol. The third-order valence-corrected chi connectivity index (χ3v) is 5.27. The predicted octanol–water partition coefficient (Wildman–Crippen LogP) is 1.61. The molecule has 0 aliphatic rings. The molecule has 0 bridgehead atoms. The summed E-state index contributed by atoms with van der Waals surface area (Å²) in [6.07, 6.45) is 0.641. The van der Waals surface area contributed by atoms with Gasteiger partial charge in [-0.05, 0) is 31.0 Å². The standard InChI is InChI=1S/C15H24N2O4S/c1-4-13(10-18)17-15(19)16-11(3)12-6-8-14(9-7-12)22(20,21)5-2/h6-9,11,13,18H,4-5,10H2,1-3H3,(H2,16,17,19)/t11-,13+/m1/s1. The molecular weight excluding hydrogens is 304 g/mol. The van der Waals surface area contributed by atoms with E-state index in [4.69, 9.17) is 5.11 Å². The molecule has 0 heterocycles. The van der Waals surface area contributed by atoms with E-state index in [2.05, 4.69) is 10.6 Å². The van der Waals surface area contributed by atoms with Crippen LogP contribution in [0.15, 0.2) is 29.2 Å². The number of hydrogen-bond donors (Lipinski definition) is 3. The molecule has 0 radical (unpaired) electrons. The molecule has 2 atom stereocenters. The summed E-state index contributed by atoms with van der Waals surface area (Å²) in [6.45, 7) is 5.17. The number of carbonyl (C=O) groups is 1. The molecule has 6 nitrogen and oxygen atoms in total. The minimum Gasteiger partial charge on any atom is -0.394 e. The summed E-state index contributed by atoms with van der Waals surface area (Å²) in [6, 6.07) is 5.57. The molecule has 0 aliphatic carbocycles. The Balaban J connectivity index is 2.70. The quantitative estimate of drug-likeness (QED) is 0.708. The third-order valence-electron chi connectivity index (χ3n) is 3.52. The van der Waals surface area contributed by atoms with Crippen molar-refractivity contribution in [3.05, 3.63) is 29.8 Å².